The van der Waals surface area contributed by atoms with Gasteiger partial charge in [-0.15, -0.1) is 0 Å². The summed E-state index contributed by atoms with van der Waals surface area (Å²) in [5, 5.41) is 7.98. The fraction of sp³-hybridized carbons (Fsp3) is 0.600. The van der Waals surface area contributed by atoms with E-state index in [0.717, 1.165) is 43.5 Å². The third-order valence-corrected chi connectivity index (χ3v) is 4.69. The molecule has 1 fully saturated rings. The van der Waals surface area contributed by atoms with Crippen LogP contribution in [0.4, 0.5) is 9.18 Å². The molecule has 2 rings (SSSR count). The second-order valence-corrected chi connectivity index (χ2v) is 7.57. The maximum absolute atomic E-state index is 12.8. The molecule has 2 unspecified atom stereocenters. The van der Waals surface area contributed by atoms with Crippen LogP contribution >= 0.6 is 0 Å². The summed E-state index contributed by atoms with van der Waals surface area (Å²) in [5.74, 6) is 0.957. The molecule has 150 valence electrons. The summed E-state index contributed by atoms with van der Waals surface area (Å²) < 4.78 is 12.8. The smallest absolute Gasteiger partial charge is 0.315 e. The summed E-state index contributed by atoms with van der Waals surface area (Å²) >= 11 is 0. The van der Waals surface area contributed by atoms with Crippen LogP contribution in [0.2, 0.25) is 0 Å². The molecule has 1 heterocycles. The van der Waals surface area contributed by atoms with E-state index in [1.54, 1.807) is 12.1 Å². The number of hydrogen-bond acceptors (Lipinski definition) is 3. The summed E-state index contributed by atoms with van der Waals surface area (Å²) in [4.78, 5) is 26.0. The lowest BCUT2D eigenvalue weighted by Crippen LogP contribution is -2.43. The zero-order valence-electron chi connectivity index (χ0n) is 16.3. The molecule has 2 atom stereocenters. The van der Waals surface area contributed by atoms with Crippen molar-refractivity contribution in [2.45, 2.75) is 33.2 Å². The van der Waals surface area contributed by atoms with Crippen molar-refractivity contribution >= 4 is 11.9 Å². The highest BCUT2D eigenvalue weighted by Crippen LogP contribution is 2.20. The second-order valence-electron chi connectivity index (χ2n) is 7.57. The number of nitrogens with one attached hydrogen (secondary N) is 3. The lowest BCUT2D eigenvalue weighted by Gasteiger charge is -2.34. The lowest BCUT2D eigenvalue weighted by atomic mass is 9.92. The highest BCUT2D eigenvalue weighted by atomic mass is 19.1. The number of carbonyl (C=O) groups excluding carboxylic acids is 2. The van der Waals surface area contributed by atoms with Crippen molar-refractivity contribution in [2.75, 3.05) is 32.7 Å². The molecule has 0 aliphatic carbocycles. The quantitative estimate of drug-likeness (QED) is 0.607. The van der Waals surface area contributed by atoms with Crippen LogP contribution in [0, 0.1) is 17.7 Å². The topological polar surface area (TPSA) is 73.5 Å². The van der Waals surface area contributed by atoms with E-state index < -0.39 is 6.03 Å². The van der Waals surface area contributed by atoms with Gasteiger partial charge < -0.3 is 20.9 Å². The average molecular weight is 378 g/mol. The normalized spacial score (nSPS) is 20.1. The number of urea groups is 1. The summed E-state index contributed by atoms with van der Waals surface area (Å²) in [7, 11) is 0. The van der Waals surface area contributed by atoms with Crippen LogP contribution in [0.25, 0.3) is 0 Å². The summed E-state index contributed by atoms with van der Waals surface area (Å²) in [6.07, 6.45) is 2.20. The Morgan fingerprint density at radius 3 is 2.41 bits per heavy atom. The SMILES string of the molecule is CC1CC(C)CN(CCCNC(=O)CNC(=O)NCc2ccc(F)cc2)C1. The number of likely N-dealkylation sites (tertiary alicyclic amines) is 1. The van der Waals surface area contributed by atoms with E-state index in [0.29, 0.717) is 6.54 Å². The van der Waals surface area contributed by atoms with Gasteiger partial charge in [-0.1, -0.05) is 26.0 Å². The maximum atomic E-state index is 12.8. The van der Waals surface area contributed by atoms with E-state index in [4.69, 9.17) is 0 Å². The van der Waals surface area contributed by atoms with Crippen molar-refractivity contribution in [1.29, 1.82) is 0 Å². The molecule has 27 heavy (non-hydrogen) atoms. The largest absolute Gasteiger partial charge is 0.355 e. The Balaban J connectivity index is 1.52. The number of carbonyl (C=O) groups is 2. The Morgan fingerprint density at radius 2 is 1.74 bits per heavy atom. The van der Waals surface area contributed by atoms with Gasteiger partial charge in [-0.05, 0) is 48.9 Å². The zero-order chi connectivity index (χ0) is 19.6. The molecule has 1 saturated heterocycles. The summed E-state index contributed by atoms with van der Waals surface area (Å²) in [5.41, 5.74) is 0.789. The van der Waals surface area contributed by atoms with Gasteiger partial charge >= 0.3 is 6.03 Å². The number of rotatable bonds is 8. The molecule has 0 saturated carbocycles. The first-order valence-electron chi connectivity index (χ1n) is 9.67. The zero-order valence-corrected chi connectivity index (χ0v) is 16.3. The predicted octanol–water partition coefficient (Wildman–Crippen LogP) is 2.11. The fourth-order valence-electron chi connectivity index (χ4n) is 3.58. The Labute approximate surface area is 160 Å². The summed E-state index contributed by atoms with van der Waals surface area (Å²) in [6.45, 7) is 8.65. The van der Waals surface area contributed by atoms with Gasteiger partial charge in [0.25, 0.3) is 0 Å². The maximum Gasteiger partial charge on any atom is 0.315 e. The molecule has 7 heteroatoms. The molecule has 0 bridgehead atoms. The van der Waals surface area contributed by atoms with E-state index in [1.807, 2.05) is 0 Å². The van der Waals surface area contributed by atoms with Crippen LogP contribution < -0.4 is 16.0 Å². The van der Waals surface area contributed by atoms with Gasteiger partial charge in [-0.25, -0.2) is 9.18 Å². The van der Waals surface area contributed by atoms with Crippen LogP contribution in [-0.2, 0) is 11.3 Å². The van der Waals surface area contributed by atoms with Crippen molar-refractivity contribution in [3.8, 4) is 0 Å². The number of benzene rings is 1. The Kier molecular flexibility index (Phi) is 8.51. The van der Waals surface area contributed by atoms with Crippen molar-refractivity contribution in [3.63, 3.8) is 0 Å². The monoisotopic (exact) mass is 378 g/mol. The molecule has 0 radical (unpaired) electrons. The van der Waals surface area contributed by atoms with Crippen LogP contribution in [0.15, 0.2) is 24.3 Å². The molecule has 1 aromatic rings. The van der Waals surface area contributed by atoms with Crippen molar-refractivity contribution in [1.82, 2.24) is 20.9 Å². The van der Waals surface area contributed by atoms with E-state index in [9.17, 15) is 14.0 Å². The molecule has 6 nitrogen and oxygen atoms in total. The van der Waals surface area contributed by atoms with Gasteiger partial charge in [-0.3, -0.25) is 4.79 Å². The second kappa shape index (κ2) is 10.9. The van der Waals surface area contributed by atoms with Gasteiger partial charge in [0.2, 0.25) is 5.91 Å². The Morgan fingerprint density at radius 1 is 1.07 bits per heavy atom. The molecule has 0 spiro atoms. The van der Waals surface area contributed by atoms with Gasteiger partial charge in [0.05, 0.1) is 6.54 Å². The van der Waals surface area contributed by atoms with Crippen molar-refractivity contribution in [2.24, 2.45) is 11.8 Å². The third kappa shape index (κ3) is 8.39. The number of hydrogen-bond donors (Lipinski definition) is 3. The minimum atomic E-state index is -0.425. The van der Waals surface area contributed by atoms with Crippen LogP contribution in [0.5, 0.6) is 0 Å². The average Bonchev–Trinajstić information content (AvgIpc) is 2.62. The standard InChI is InChI=1S/C20H31FN4O2/c1-15-10-16(2)14-25(13-15)9-3-8-22-19(26)12-24-20(27)23-11-17-4-6-18(21)7-5-17/h4-7,15-16H,3,8-14H2,1-2H3,(H,22,26)(H2,23,24,27). The highest BCUT2D eigenvalue weighted by molar-refractivity contribution is 5.83. The third-order valence-electron chi connectivity index (χ3n) is 4.69. The van der Waals surface area contributed by atoms with Gasteiger partial charge in [-0.2, -0.15) is 0 Å². The molecule has 0 aromatic heterocycles. The molecular formula is C20H31FN4O2. The number of nitrogens with zero attached hydrogens (tertiary/aromatic N) is 1. The fourth-order valence-corrected chi connectivity index (χ4v) is 3.58. The molecule has 1 aliphatic heterocycles. The van der Waals surface area contributed by atoms with Crippen LogP contribution in [0.3, 0.4) is 0 Å². The van der Waals surface area contributed by atoms with Crippen LogP contribution in [-0.4, -0.2) is 49.6 Å². The Hall–Kier alpha value is -2.15. The molecular weight excluding hydrogens is 347 g/mol. The van der Waals surface area contributed by atoms with E-state index in [-0.39, 0.29) is 24.8 Å². The van der Waals surface area contributed by atoms with E-state index in [1.165, 1.54) is 18.6 Å². The van der Waals surface area contributed by atoms with Crippen molar-refractivity contribution in [3.05, 3.63) is 35.6 Å². The Bertz CT molecular complexity index is 599. The van der Waals surface area contributed by atoms with Gasteiger partial charge in [0.15, 0.2) is 0 Å². The number of piperidine rings is 1. The molecule has 1 aliphatic rings. The number of amides is 3. The lowest BCUT2D eigenvalue weighted by molar-refractivity contribution is -0.120. The van der Waals surface area contributed by atoms with Crippen molar-refractivity contribution < 1.29 is 14.0 Å². The van der Waals surface area contributed by atoms with Crippen LogP contribution in [0.1, 0.15) is 32.3 Å². The van der Waals surface area contributed by atoms with E-state index >= 15 is 0 Å². The predicted molar refractivity (Wildman–Crippen MR) is 104 cm³/mol. The first-order valence-corrected chi connectivity index (χ1v) is 9.67. The first-order chi connectivity index (χ1) is 12.9. The minimum Gasteiger partial charge on any atom is -0.355 e. The van der Waals surface area contributed by atoms with E-state index in [2.05, 4.69) is 34.7 Å². The molecule has 1 aromatic carbocycles. The van der Waals surface area contributed by atoms with Gasteiger partial charge in [0.1, 0.15) is 5.82 Å². The minimum absolute atomic E-state index is 0.0625. The first kappa shape index (κ1) is 21.2. The number of halogens is 1. The molecule has 3 N–H and O–H groups in total. The highest BCUT2D eigenvalue weighted by Gasteiger charge is 2.21. The van der Waals surface area contributed by atoms with Gasteiger partial charge in [0, 0.05) is 26.2 Å². The molecule has 3 amide bonds. The summed E-state index contributed by atoms with van der Waals surface area (Å²) in [6, 6.07) is 5.46.